The van der Waals surface area contributed by atoms with Crippen molar-refractivity contribution < 1.29 is 9.47 Å². The molecule has 9 rings (SSSR count). The van der Waals surface area contributed by atoms with E-state index < -0.39 is 0 Å². The van der Waals surface area contributed by atoms with Gasteiger partial charge in [-0.25, -0.2) is 0 Å². The third-order valence-electron chi connectivity index (χ3n) is 8.74. The lowest BCUT2D eigenvalue weighted by Crippen LogP contribution is -2.57. The molecule has 0 unspecified atom stereocenters. The third kappa shape index (κ3) is 3.92. The van der Waals surface area contributed by atoms with Gasteiger partial charge >= 0.3 is 0 Å². The first kappa shape index (κ1) is 24.8. The monoisotopic (exact) mass is 563 g/mol. The van der Waals surface area contributed by atoms with E-state index in [-0.39, 0.29) is 6.71 Å². The summed E-state index contributed by atoms with van der Waals surface area (Å²) >= 11 is 0. The van der Waals surface area contributed by atoms with Crippen LogP contribution in [0.3, 0.4) is 0 Å². The fourth-order valence-electron chi connectivity index (χ4n) is 6.78. The Morgan fingerprint density at radius 2 is 0.955 bits per heavy atom. The quantitative estimate of drug-likeness (QED) is 0.200. The van der Waals surface area contributed by atoms with Gasteiger partial charge in [-0.3, -0.25) is 0 Å². The normalized spacial score (nSPS) is 12.4. The van der Waals surface area contributed by atoms with E-state index in [4.69, 9.17) is 9.47 Å². The minimum Gasteiger partial charge on any atom is -0.458 e. The Kier molecular flexibility index (Phi) is 5.60. The number of fused-ring (bicyclic) bond motifs is 5. The second kappa shape index (κ2) is 9.93. The van der Waals surface area contributed by atoms with Crippen LogP contribution in [0.15, 0.2) is 158 Å². The Morgan fingerprint density at radius 3 is 1.59 bits per heavy atom. The highest BCUT2D eigenvalue weighted by molar-refractivity contribution is 6.98. The molecule has 0 radical (unpaired) electrons. The highest BCUT2D eigenvalue weighted by Crippen LogP contribution is 2.46. The molecule has 0 N–H and O–H groups in total. The third-order valence-corrected chi connectivity index (χ3v) is 8.74. The molecule has 2 heterocycles. The summed E-state index contributed by atoms with van der Waals surface area (Å²) in [5.74, 6) is 3.40. The lowest BCUT2D eigenvalue weighted by Gasteiger charge is -2.35. The van der Waals surface area contributed by atoms with Crippen molar-refractivity contribution in [3.63, 3.8) is 0 Å². The van der Waals surface area contributed by atoms with Crippen molar-refractivity contribution in [1.82, 2.24) is 0 Å². The number of hydrogen-bond donors (Lipinski definition) is 0. The number of para-hydroxylation sites is 3. The second-order valence-corrected chi connectivity index (χ2v) is 11.3. The van der Waals surface area contributed by atoms with E-state index in [0.29, 0.717) is 0 Å². The average Bonchev–Trinajstić information content (AvgIpc) is 3.08. The molecule has 2 aliphatic heterocycles. The molecular weight excluding hydrogens is 537 g/mol. The number of rotatable bonds is 4. The van der Waals surface area contributed by atoms with Crippen molar-refractivity contribution in [1.29, 1.82) is 0 Å². The van der Waals surface area contributed by atoms with Crippen LogP contribution in [0, 0.1) is 0 Å². The van der Waals surface area contributed by atoms with E-state index >= 15 is 0 Å². The molecule has 0 bridgehead atoms. The van der Waals surface area contributed by atoms with E-state index in [1.165, 1.54) is 10.8 Å². The van der Waals surface area contributed by atoms with Gasteiger partial charge in [0.15, 0.2) is 0 Å². The molecule has 2 aliphatic rings. The van der Waals surface area contributed by atoms with Crippen molar-refractivity contribution in [2.45, 2.75) is 0 Å². The highest BCUT2D eigenvalue weighted by atomic mass is 16.5. The molecule has 0 amide bonds. The predicted octanol–water partition coefficient (Wildman–Crippen LogP) is 8.70. The molecule has 7 aromatic rings. The summed E-state index contributed by atoms with van der Waals surface area (Å²) in [4.78, 5) is 2.33. The van der Waals surface area contributed by atoms with E-state index in [2.05, 4.69) is 150 Å². The fourth-order valence-corrected chi connectivity index (χ4v) is 6.78. The number of nitrogens with zero attached hydrogens (tertiary/aromatic N) is 1. The number of anilines is 3. The van der Waals surface area contributed by atoms with Crippen LogP contribution in [0.25, 0.3) is 21.9 Å². The van der Waals surface area contributed by atoms with E-state index in [1.54, 1.807) is 0 Å². The summed E-state index contributed by atoms with van der Waals surface area (Å²) < 4.78 is 13.4. The number of hydrogen-bond acceptors (Lipinski definition) is 3. The molecule has 3 nitrogen and oxygen atoms in total. The molecule has 0 aromatic heterocycles. The van der Waals surface area contributed by atoms with Crippen molar-refractivity contribution in [2.24, 2.45) is 0 Å². The van der Waals surface area contributed by atoms with Gasteiger partial charge in [0.05, 0.1) is 11.4 Å². The van der Waals surface area contributed by atoms with Gasteiger partial charge in [-0.05, 0) is 63.7 Å². The van der Waals surface area contributed by atoms with Crippen LogP contribution in [0.1, 0.15) is 0 Å². The molecule has 44 heavy (non-hydrogen) atoms. The van der Waals surface area contributed by atoms with Crippen molar-refractivity contribution in [3.8, 4) is 34.1 Å². The van der Waals surface area contributed by atoms with Gasteiger partial charge in [-0.1, -0.05) is 109 Å². The van der Waals surface area contributed by atoms with Gasteiger partial charge in [-0.2, -0.15) is 0 Å². The summed E-state index contributed by atoms with van der Waals surface area (Å²) in [6.07, 6.45) is 0. The maximum atomic E-state index is 6.68. The zero-order valence-corrected chi connectivity index (χ0v) is 23.9. The molecule has 0 fully saturated rings. The van der Waals surface area contributed by atoms with Gasteiger partial charge in [0.25, 0.3) is 6.71 Å². The van der Waals surface area contributed by atoms with Gasteiger partial charge in [0.2, 0.25) is 0 Å². The summed E-state index contributed by atoms with van der Waals surface area (Å²) in [6.45, 7) is 0.0367. The molecule has 206 valence electrons. The summed E-state index contributed by atoms with van der Waals surface area (Å²) in [7, 11) is 0. The van der Waals surface area contributed by atoms with Gasteiger partial charge in [0, 0.05) is 28.8 Å². The first-order valence-corrected chi connectivity index (χ1v) is 15.0. The van der Waals surface area contributed by atoms with E-state index in [0.717, 1.165) is 67.6 Å². The van der Waals surface area contributed by atoms with Gasteiger partial charge in [0.1, 0.15) is 23.0 Å². The second-order valence-electron chi connectivity index (χ2n) is 11.3. The Hall–Kier alpha value is -5.74. The first-order valence-electron chi connectivity index (χ1n) is 15.0. The molecule has 0 atom stereocenters. The minimum absolute atomic E-state index is 0.0367. The van der Waals surface area contributed by atoms with E-state index in [9.17, 15) is 0 Å². The molecule has 0 aliphatic carbocycles. The van der Waals surface area contributed by atoms with Crippen molar-refractivity contribution >= 4 is 50.9 Å². The maximum Gasteiger partial charge on any atom is 0.260 e. The fraction of sp³-hybridized carbons (Fsp3) is 0. The molecule has 0 saturated heterocycles. The predicted molar refractivity (Wildman–Crippen MR) is 182 cm³/mol. The van der Waals surface area contributed by atoms with Crippen LogP contribution in [-0.2, 0) is 0 Å². The van der Waals surface area contributed by atoms with Crippen LogP contribution >= 0.6 is 0 Å². The Labute approximate surface area is 256 Å². The van der Waals surface area contributed by atoms with Crippen LogP contribution in [-0.4, -0.2) is 6.71 Å². The molecule has 4 heteroatoms. The van der Waals surface area contributed by atoms with Crippen LogP contribution in [0.2, 0.25) is 0 Å². The molecule has 0 spiro atoms. The molecule has 0 saturated carbocycles. The van der Waals surface area contributed by atoms with Crippen molar-refractivity contribution in [3.05, 3.63) is 158 Å². The molecular formula is C40H26BNO2. The number of benzene rings is 7. The zero-order chi connectivity index (χ0) is 29.0. The lowest BCUT2D eigenvalue weighted by atomic mass is 9.35. The SMILES string of the molecule is c1ccc(-c2cc3ccccc3cc2N(c2ccccc2)c2cc3c4c(c2)Oc2ccccc2B4c2ccccc2O3)cc1. The van der Waals surface area contributed by atoms with Crippen LogP contribution in [0.5, 0.6) is 23.0 Å². The van der Waals surface area contributed by atoms with E-state index in [1.807, 2.05) is 12.1 Å². The maximum absolute atomic E-state index is 6.68. The topological polar surface area (TPSA) is 21.7 Å². The number of ether oxygens (including phenoxy) is 2. The minimum atomic E-state index is 0.0367. The summed E-state index contributed by atoms with van der Waals surface area (Å²) in [6, 6.07) is 55.4. The standard InChI is InChI=1S/C40H26BNO2/c1-3-13-27(14-4-1)32-23-28-15-7-8-16-29(28)24-35(32)42(30-17-5-2-6-18-30)31-25-38-40-39(26-31)44-37-22-12-10-20-34(37)41(40)33-19-9-11-21-36(33)43-38/h1-26H. The Balaban J connectivity index is 1.32. The highest BCUT2D eigenvalue weighted by Gasteiger charge is 2.40. The Bertz CT molecular complexity index is 2130. The van der Waals surface area contributed by atoms with Gasteiger partial charge < -0.3 is 14.4 Å². The summed E-state index contributed by atoms with van der Waals surface area (Å²) in [5.41, 5.74) is 8.79. The van der Waals surface area contributed by atoms with Crippen LogP contribution < -0.4 is 30.8 Å². The average molecular weight is 563 g/mol. The lowest BCUT2D eigenvalue weighted by molar-refractivity contribution is 0.465. The van der Waals surface area contributed by atoms with Crippen LogP contribution in [0.4, 0.5) is 17.1 Å². The largest absolute Gasteiger partial charge is 0.458 e. The first-order chi connectivity index (χ1) is 21.8. The smallest absolute Gasteiger partial charge is 0.260 e. The van der Waals surface area contributed by atoms with Crippen molar-refractivity contribution in [2.75, 3.05) is 4.90 Å². The molecule has 7 aromatic carbocycles. The Morgan fingerprint density at radius 1 is 0.432 bits per heavy atom. The van der Waals surface area contributed by atoms with Gasteiger partial charge in [-0.15, -0.1) is 0 Å². The zero-order valence-electron chi connectivity index (χ0n) is 23.9. The summed E-state index contributed by atoms with van der Waals surface area (Å²) in [5, 5.41) is 2.38.